The second-order valence-electron chi connectivity index (χ2n) is 4.33. The predicted octanol–water partition coefficient (Wildman–Crippen LogP) is 1.85. The summed E-state index contributed by atoms with van der Waals surface area (Å²) in [4.78, 5) is 0. The van der Waals surface area contributed by atoms with Crippen molar-refractivity contribution in [2.24, 2.45) is 0 Å². The Hall–Kier alpha value is -1.02. The molecule has 0 saturated heterocycles. The number of benzene rings is 1. The van der Waals surface area contributed by atoms with E-state index in [0.717, 1.165) is 31.4 Å². The van der Waals surface area contributed by atoms with E-state index >= 15 is 0 Å². The van der Waals surface area contributed by atoms with E-state index in [1.54, 1.807) is 0 Å². The first-order chi connectivity index (χ1) is 7.17. The Labute approximate surface area is 91.1 Å². The molecule has 0 bridgehead atoms. The number of hydrogen-bond acceptors (Lipinski definition) is 2. The smallest absolute Gasteiger partial charge is 0.0621 e. The van der Waals surface area contributed by atoms with Crippen LogP contribution in [-0.4, -0.2) is 11.2 Å². The van der Waals surface area contributed by atoms with Gasteiger partial charge in [-0.3, -0.25) is 0 Å². The maximum Gasteiger partial charge on any atom is 0.0621 e. The third-order valence-electron chi connectivity index (χ3n) is 3.40. The largest absolute Gasteiger partial charge is 0.398 e. The van der Waals surface area contributed by atoms with Gasteiger partial charge in [0, 0.05) is 12.1 Å². The van der Waals surface area contributed by atoms with Crippen molar-refractivity contribution in [2.75, 3.05) is 5.73 Å². The van der Waals surface area contributed by atoms with Gasteiger partial charge in [-0.15, -0.1) is 0 Å². The van der Waals surface area contributed by atoms with Crippen LogP contribution in [0, 0.1) is 0 Å². The lowest BCUT2D eigenvalue weighted by Crippen LogP contribution is -2.05. The molecule has 0 amide bonds. The molecule has 0 saturated carbocycles. The Bertz CT molecular complexity index is 385. The van der Waals surface area contributed by atoms with Gasteiger partial charge in [-0.25, -0.2) is 0 Å². The number of hydrogen-bond donors (Lipinski definition) is 2. The molecule has 1 atom stereocenters. The van der Waals surface area contributed by atoms with E-state index in [0.29, 0.717) is 0 Å². The Morgan fingerprint density at radius 1 is 1.33 bits per heavy atom. The first kappa shape index (κ1) is 10.5. The van der Waals surface area contributed by atoms with E-state index in [-0.39, 0.29) is 6.10 Å². The fourth-order valence-electron chi connectivity index (χ4n) is 2.63. The summed E-state index contributed by atoms with van der Waals surface area (Å²) in [5, 5.41) is 9.65. The zero-order valence-electron chi connectivity index (χ0n) is 9.51. The van der Waals surface area contributed by atoms with Crippen molar-refractivity contribution in [1.82, 2.24) is 0 Å². The van der Waals surface area contributed by atoms with Gasteiger partial charge in [0.15, 0.2) is 0 Å². The summed E-state index contributed by atoms with van der Waals surface area (Å²) in [7, 11) is 0. The minimum Gasteiger partial charge on any atom is -0.398 e. The molecule has 0 spiro atoms. The number of aryl methyl sites for hydroxylation is 1. The maximum absolute atomic E-state index is 9.65. The standard InChI is InChI=1S/C13H19NO/c1-3-8-5-9-6-10(15)7-12(9)13(14)11(8)4-2/h5,10,15H,3-4,6-7,14H2,1-2H3. The molecule has 2 nitrogen and oxygen atoms in total. The molecule has 2 rings (SSSR count). The Kier molecular flexibility index (Phi) is 2.70. The Balaban J connectivity index is 2.56. The second kappa shape index (κ2) is 3.86. The highest BCUT2D eigenvalue weighted by Crippen LogP contribution is 2.33. The maximum atomic E-state index is 9.65. The molecule has 0 heterocycles. The fraction of sp³-hybridized carbons (Fsp3) is 0.538. The monoisotopic (exact) mass is 205 g/mol. The quantitative estimate of drug-likeness (QED) is 0.724. The van der Waals surface area contributed by atoms with Crippen LogP contribution >= 0.6 is 0 Å². The van der Waals surface area contributed by atoms with E-state index in [1.165, 1.54) is 22.3 Å². The molecule has 1 unspecified atom stereocenters. The number of aliphatic hydroxyl groups is 1. The molecular weight excluding hydrogens is 186 g/mol. The molecule has 1 aliphatic rings. The van der Waals surface area contributed by atoms with Gasteiger partial charge < -0.3 is 10.8 Å². The number of rotatable bonds is 2. The molecule has 0 aromatic heterocycles. The van der Waals surface area contributed by atoms with Gasteiger partial charge in [-0.05, 0) is 41.5 Å². The van der Waals surface area contributed by atoms with Crippen LogP contribution in [0.3, 0.4) is 0 Å². The highest BCUT2D eigenvalue weighted by Gasteiger charge is 2.23. The van der Waals surface area contributed by atoms with Gasteiger partial charge in [0.1, 0.15) is 0 Å². The molecule has 15 heavy (non-hydrogen) atoms. The molecule has 0 radical (unpaired) electrons. The molecule has 0 fully saturated rings. The average molecular weight is 205 g/mol. The summed E-state index contributed by atoms with van der Waals surface area (Å²) < 4.78 is 0. The van der Waals surface area contributed by atoms with E-state index in [1.807, 2.05) is 0 Å². The number of nitrogen functional groups attached to an aromatic ring is 1. The van der Waals surface area contributed by atoms with Crippen molar-refractivity contribution in [3.63, 3.8) is 0 Å². The summed E-state index contributed by atoms with van der Waals surface area (Å²) in [6.45, 7) is 4.30. The van der Waals surface area contributed by atoms with E-state index in [9.17, 15) is 5.11 Å². The van der Waals surface area contributed by atoms with Crippen LogP contribution in [0.15, 0.2) is 6.07 Å². The van der Waals surface area contributed by atoms with Crippen molar-refractivity contribution >= 4 is 5.69 Å². The van der Waals surface area contributed by atoms with Crippen LogP contribution in [-0.2, 0) is 25.7 Å². The fourth-order valence-corrected chi connectivity index (χ4v) is 2.63. The molecule has 3 N–H and O–H groups in total. The van der Waals surface area contributed by atoms with Crippen molar-refractivity contribution in [1.29, 1.82) is 0 Å². The zero-order valence-corrected chi connectivity index (χ0v) is 9.51. The molecular formula is C13H19NO. The predicted molar refractivity (Wildman–Crippen MR) is 63.0 cm³/mol. The van der Waals surface area contributed by atoms with Crippen molar-refractivity contribution < 1.29 is 5.11 Å². The second-order valence-corrected chi connectivity index (χ2v) is 4.33. The lowest BCUT2D eigenvalue weighted by Gasteiger charge is -2.14. The van der Waals surface area contributed by atoms with Crippen LogP contribution in [0.2, 0.25) is 0 Å². The zero-order chi connectivity index (χ0) is 11.0. The summed E-state index contributed by atoms with van der Waals surface area (Å²) >= 11 is 0. The summed E-state index contributed by atoms with van der Waals surface area (Å²) in [5.41, 5.74) is 12.2. The molecule has 82 valence electrons. The molecule has 1 aromatic carbocycles. The highest BCUT2D eigenvalue weighted by atomic mass is 16.3. The topological polar surface area (TPSA) is 46.2 Å². The van der Waals surface area contributed by atoms with Gasteiger partial charge in [0.05, 0.1) is 6.10 Å². The van der Waals surface area contributed by atoms with E-state index in [4.69, 9.17) is 5.73 Å². The number of anilines is 1. The lowest BCUT2D eigenvalue weighted by atomic mass is 9.94. The van der Waals surface area contributed by atoms with Gasteiger partial charge in [0.25, 0.3) is 0 Å². The van der Waals surface area contributed by atoms with Gasteiger partial charge in [-0.1, -0.05) is 19.9 Å². The first-order valence-corrected chi connectivity index (χ1v) is 5.77. The molecule has 2 heteroatoms. The number of nitrogens with two attached hydrogens (primary N) is 1. The minimum atomic E-state index is -0.223. The highest BCUT2D eigenvalue weighted by molar-refractivity contribution is 5.62. The minimum absolute atomic E-state index is 0.223. The van der Waals surface area contributed by atoms with Crippen LogP contribution in [0.5, 0.6) is 0 Å². The Morgan fingerprint density at radius 2 is 2.07 bits per heavy atom. The van der Waals surface area contributed by atoms with E-state index < -0.39 is 0 Å². The normalized spacial score (nSPS) is 19.3. The average Bonchev–Trinajstić information content (AvgIpc) is 2.59. The van der Waals surface area contributed by atoms with Crippen molar-refractivity contribution in [3.05, 3.63) is 28.3 Å². The molecule has 0 aliphatic heterocycles. The van der Waals surface area contributed by atoms with Gasteiger partial charge >= 0.3 is 0 Å². The third-order valence-corrected chi connectivity index (χ3v) is 3.40. The molecule has 1 aliphatic carbocycles. The number of aliphatic hydroxyl groups excluding tert-OH is 1. The van der Waals surface area contributed by atoms with Gasteiger partial charge in [-0.2, -0.15) is 0 Å². The molecule has 1 aromatic rings. The Morgan fingerprint density at radius 3 is 2.67 bits per heavy atom. The van der Waals surface area contributed by atoms with Crippen molar-refractivity contribution in [2.45, 2.75) is 45.6 Å². The first-order valence-electron chi connectivity index (χ1n) is 5.77. The summed E-state index contributed by atoms with van der Waals surface area (Å²) in [5.74, 6) is 0. The van der Waals surface area contributed by atoms with Crippen LogP contribution in [0.25, 0.3) is 0 Å². The lowest BCUT2D eigenvalue weighted by molar-refractivity contribution is 0.187. The number of fused-ring (bicyclic) bond motifs is 1. The van der Waals surface area contributed by atoms with Gasteiger partial charge in [0.2, 0.25) is 0 Å². The van der Waals surface area contributed by atoms with Crippen LogP contribution in [0.1, 0.15) is 36.1 Å². The summed E-state index contributed by atoms with van der Waals surface area (Å²) in [6.07, 6.45) is 3.29. The SMILES string of the molecule is CCc1cc2c(c(N)c1CC)CC(O)C2. The van der Waals surface area contributed by atoms with Crippen LogP contribution < -0.4 is 5.73 Å². The summed E-state index contributed by atoms with van der Waals surface area (Å²) in [6, 6.07) is 2.24. The van der Waals surface area contributed by atoms with Crippen molar-refractivity contribution in [3.8, 4) is 0 Å². The third kappa shape index (κ3) is 1.63. The van der Waals surface area contributed by atoms with Crippen LogP contribution in [0.4, 0.5) is 5.69 Å². The van der Waals surface area contributed by atoms with E-state index in [2.05, 4.69) is 19.9 Å².